The quantitative estimate of drug-likeness (QED) is 0.485. The smallest absolute Gasteiger partial charge is 0.412 e. The normalized spacial score (nSPS) is 29.5. The molecule has 0 bridgehead atoms. The number of rotatable bonds is 5. The van der Waals surface area contributed by atoms with Crippen molar-refractivity contribution in [2.45, 2.75) is 103 Å². The SMILES string of the molecule is CC(C)(C)OC(=O)N1C[C@@H](OC=O)[C@@H]2OC(C)(C)O[C@@]21CO[Si](C)(C)C(C)(C)C. The second-order valence-electron chi connectivity index (χ2n) is 10.8. The maximum atomic E-state index is 13.1. The first-order valence-corrected chi connectivity index (χ1v) is 13.0. The largest absolute Gasteiger partial charge is 0.460 e. The fraction of sp³-hybridized carbons (Fsp3) is 0.900. The molecule has 0 aromatic rings. The fourth-order valence-electron chi connectivity index (χ4n) is 3.33. The van der Waals surface area contributed by atoms with Crippen LogP contribution in [0.4, 0.5) is 4.79 Å². The van der Waals surface area contributed by atoms with Crippen molar-refractivity contribution in [2.75, 3.05) is 13.2 Å². The van der Waals surface area contributed by atoms with Crippen molar-refractivity contribution in [3.63, 3.8) is 0 Å². The van der Waals surface area contributed by atoms with E-state index < -0.39 is 43.7 Å². The summed E-state index contributed by atoms with van der Waals surface area (Å²) in [5.74, 6) is -0.980. The molecule has 0 aromatic heterocycles. The van der Waals surface area contributed by atoms with Crippen LogP contribution in [-0.2, 0) is 28.2 Å². The van der Waals surface area contributed by atoms with E-state index >= 15 is 0 Å². The van der Waals surface area contributed by atoms with E-state index in [-0.39, 0.29) is 18.2 Å². The first-order chi connectivity index (χ1) is 12.9. The highest BCUT2D eigenvalue weighted by molar-refractivity contribution is 6.74. The Morgan fingerprint density at radius 3 is 2.28 bits per heavy atom. The van der Waals surface area contributed by atoms with Gasteiger partial charge in [0.2, 0.25) is 5.72 Å². The van der Waals surface area contributed by atoms with E-state index in [4.69, 9.17) is 23.4 Å². The lowest BCUT2D eigenvalue weighted by Gasteiger charge is -2.42. The average molecular weight is 432 g/mol. The van der Waals surface area contributed by atoms with E-state index in [0.717, 1.165) is 0 Å². The molecule has 2 rings (SSSR count). The molecule has 2 fully saturated rings. The molecule has 2 aliphatic rings. The molecule has 2 aliphatic heterocycles. The van der Waals surface area contributed by atoms with Gasteiger partial charge in [0.05, 0.1) is 13.2 Å². The van der Waals surface area contributed by atoms with Gasteiger partial charge in [0, 0.05) is 0 Å². The summed E-state index contributed by atoms with van der Waals surface area (Å²) < 4.78 is 29.7. The van der Waals surface area contributed by atoms with Crippen molar-refractivity contribution in [2.24, 2.45) is 0 Å². The summed E-state index contributed by atoms with van der Waals surface area (Å²) in [5, 5.41) is -0.0256. The van der Waals surface area contributed by atoms with E-state index in [0.29, 0.717) is 6.47 Å². The predicted molar refractivity (Wildman–Crippen MR) is 110 cm³/mol. The first-order valence-electron chi connectivity index (χ1n) is 10.1. The van der Waals surface area contributed by atoms with Gasteiger partial charge in [-0.25, -0.2) is 4.79 Å². The Hall–Kier alpha value is -1.16. The average Bonchev–Trinajstić information content (AvgIpc) is 2.92. The number of carbonyl (C=O) groups excluding carboxylic acids is 2. The van der Waals surface area contributed by atoms with Crippen molar-refractivity contribution in [3.05, 3.63) is 0 Å². The molecule has 8 nitrogen and oxygen atoms in total. The van der Waals surface area contributed by atoms with Crippen molar-refractivity contribution in [3.8, 4) is 0 Å². The molecule has 1 amide bonds. The van der Waals surface area contributed by atoms with Crippen molar-refractivity contribution in [1.29, 1.82) is 0 Å². The van der Waals surface area contributed by atoms with Crippen LogP contribution in [0.15, 0.2) is 0 Å². The maximum absolute atomic E-state index is 13.1. The molecule has 168 valence electrons. The number of nitrogens with zero attached hydrogens (tertiary/aromatic N) is 1. The number of ether oxygens (including phenoxy) is 4. The second kappa shape index (κ2) is 7.51. The Morgan fingerprint density at radius 2 is 1.79 bits per heavy atom. The molecule has 0 unspecified atom stereocenters. The lowest BCUT2D eigenvalue weighted by atomic mass is 10.1. The van der Waals surface area contributed by atoms with Crippen LogP contribution >= 0.6 is 0 Å². The van der Waals surface area contributed by atoms with E-state index in [2.05, 4.69) is 33.9 Å². The number of hydrogen-bond acceptors (Lipinski definition) is 7. The molecule has 2 heterocycles. The van der Waals surface area contributed by atoms with E-state index in [1.807, 2.05) is 0 Å². The molecule has 0 aliphatic carbocycles. The summed E-state index contributed by atoms with van der Waals surface area (Å²) in [6, 6.07) is 0. The van der Waals surface area contributed by atoms with Crippen LogP contribution in [-0.4, -0.2) is 68.3 Å². The van der Waals surface area contributed by atoms with Gasteiger partial charge < -0.3 is 23.4 Å². The highest BCUT2D eigenvalue weighted by atomic mass is 28.4. The second-order valence-corrected chi connectivity index (χ2v) is 15.6. The number of hydrogen-bond donors (Lipinski definition) is 0. The van der Waals surface area contributed by atoms with Crippen molar-refractivity contribution >= 4 is 20.9 Å². The molecule has 0 aromatic carbocycles. The fourth-order valence-corrected chi connectivity index (χ4v) is 4.33. The predicted octanol–water partition coefficient (Wildman–Crippen LogP) is 3.65. The zero-order chi connectivity index (χ0) is 22.5. The molecule has 9 heteroatoms. The third-order valence-corrected chi connectivity index (χ3v) is 10.2. The van der Waals surface area contributed by atoms with Gasteiger partial charge in [0.15, 0.2) is 20.2 Å². The minimum Gasteiger partial charge on any atom is -0.460 e. The van der Waals surface area contributed by atoms with Crippen LogP contribution in [0, 0.1) is 0 Å². The van der Waals surface area contributed by atoms with Crippen LogP contribution in [0.25, 0.3) is 0 Å². The number of likely N-dealkylation sites (tertiary alicyclic amines) is 1. The van der Waals surface area contributed by atoms with E-state index in [1.54, 1.807) is 34.6 Å². The summed E-state index contributed by atoms with van der Waals surface area (Å²) in [6.45, 7) is 20.2. The highest BCUT2D eigenvalue weighted by Crippen LogP contribution is 2.47. The number of fused-ring (bicyclic) bond motifs is 1. The minimum absolute atomic E-state index is 0.0256. The summed E-state index contributed by atoms with van der Waals surface area (Å²) in [5.41, 5.74) is -1.93. The lowest BCUT2D eigenvalue weighted by Crippen LogP contribution is -2.59. The van der Waals surface area contributed by atoms with E-state index in [1.165, 1.54) is 4.90 Å². The standard InChI is InChI=1S/C20H37NO7Si/c1-17(2,3)27-16(23)21-11-14(24-13-22)15-20(21,28-19(7,8)26-15)12-25-29(9,10)18(4,5)6/h13-15H,11-12H2,1-10H3/t14-,15+,20+/m1/s1. The summed E-state index contributed by atoms with van der Waals surface area (Å²) in [6.07, 6.45) is -1.91. The monoisotopic (exact) mass is 431 g/mol. The lowest BCUT2D eigenvalue weighted by molar-refractivity contribution is -0.208. The molecule has 29 heavy (non-hydrogen) atoms. The Bertz CT molecular complexity index is 638. The highest BCUT2D eigenvalue weighted by Gasteiger charge is 2.67. The molecular formula is C20H37NO7Si. The van der Waals surface area contributed by atoms with Gasteiger partial charge in [0.1, 0.15) is 11.7 Å². The van der Waals surface area contributed by atoms with Crippen LogP contribution < -0.4 is 0 Å². The zero-order valence-electron chi connectivity index (χ0n) is 19.5. The first kappa shape index (κ1) is 24.1. The van der Waals surface area contributed by atoms with Gasteiger partial charge in [-0.2, -0.15) is 0 Å². The molecule has 0 N–H and O–H groups in total. The molecule has 0 radical (unpaired) electrons. The Morgan fingerprint density at radius 1 is 1.21 bits per heavy atom. The van der Waals surface area contributed by atoms with Gasteiger partial charge in [0.25, 0.3) is 6.47 Å². The number of carbonyl (C=O) groups is 2. The van der Waals surface area contributed by atoms with Crippen LogP contribution in [0.5, 0.6) is 0 Å². The Balaban J connectivity index is 2.42. The molecule has 3 atom stereocenters. The minimum atomic E-state index is -2.16. The molecule has 0 saturated carbocycles. The van der Waals surface area contributed by atoms with Gasteiger partial charge in [-0.05, 0) is 52.8 Å². The third-order valence-electron chi connectivity index (χ3n) is 5.73. The topological polar surface area (TPSA) is 83.5 Å². The van der Waals surface area contributed by atoms with Gasteiger partial charge in [-0.1, -0.05) is 20.8 Å². The summed E-state index contributed by atoms with van der Waals surface area (Å²) in [7, 11) is -2.16. The molecule has 0 spiro atoms. The zero-order valence-corrected chi connectivity index (χ0v) is 20.5. The van der Waals surface area contributed by atoms with Crippen molar-refractivity contribution < 1.29 is 33.0 Å². The maximum Gasteiger partial charge on any atom is 0.412 e. The number of amides is 1. The van der Waals surface area contributed by atoms with Crippen LogP contribution in [0.3, 0.4) is 0 Å². The molecule has 2 saturated heterocycles. The molecular weight excluding hydrogens is 394 g/mol. The van der Waals surface area contributed by atoms with Crippen LogP contribution in [0.2, 0.25) is 18.1 Å². The Labute approximate surface area is 175 Å². The van der Waals surface area contributed by atoms with Crippen molar-refractivity contribution in [1.82, 2.24) is 4.90 Å². The summed E-state index contributed by atoms with van der Waals surface area (Å²) >= 11 is 0. The summed E-state index contributed by atoms with van der Waals surface area (Å²) in [4.78, 5) is 25.6. The van der Waals surface area contributed by atoms with Crippen LogP contribution in [0.1, 0.15) is 55.4 Å². The Kier molecular flexibility index (Phi) is 6.24. The van der Waals surface area contributed by atoms with Gasteiger partial charge >= 0.3 is 6.09 Å². The van der Waals surface area contributed by atoms with Gasteiger partial charge in [-0.15, -0.1) is 0 Å². The van der Waals surface area contributed by atoms with Gasteiger partial charge in [-0.3, -0.25) is 9.69 Å². The van der Waals surface area contributed by atoms with E-state index in [9.17, 15) is 9.59 Å². The third kappa shape index (κ3) is 4.95.